The van der Waals surface area contributed by atoms with E-state index in [4.69, 9.17) is 15.2 Å². The molecule has 1 atom stereocenters. The minimum Gasteiger partial charge on any atom is -0.378 e. The number of anilines is 3. The fourth-order valence-electron chi connectivity index (χ4n) is 3.43. The summed E-state index contributed by atoms with van der Waals surface area (Å²) in [6.45, 7) is 5.00. The van der Waals surface area contributed by atoms with Crippen molar-refractivity contribution < 1.29 is 9.47 Å². The van der Waals surface area contributed by atoms with E-state index in [0.717, 1.165) is 69.2 Å². The Balaban J connectivity index is 1.52. The lowest BCUT2D eigenvalue weighted by atomic mass is 10.1. The maximum Gasteiger partial charge on any atom is 0.221 e. The molecule has 2 aromatic rings. The van der Waals surface area contributed by atoms with Gasteiger partial charge in [-0.25, -0.2) is 4.98 Å². The average molecular weight is 355 g/mol. The Hall–Kier alpha value is -2.38. The summed E-state index contributed by atoms with van der Waals surface area (Å²) in [5.74, 6) is 1.03. The SMILES string of the molecule is Nc1ncc(-c2ccc(N3CCOCC3)cc2)c(NCC2CCCO2)n1. The molecule has 2 aliphatic heterocycles. The first-order valence-corrected chi connectivity index (χ1v) is 9.21. The Morgan fingerprint density at radius 3 is 2.69 bits per heavy atom. The summed E-state index contributed by atoms with van der Waals surface area (Å²) < 4.78 is 11.1. The van der Waals surface area contributed by atoms with Gasteiger partial charge in [0.2, 0.25) is 5.95 Å². The molecule has 3 N–H and O–H groups in total. The van der Waals surface area contributed by atoms with Gasteiger partial charge in [0.25, 0.3) is 0 Å². The molecule has 7 nitrogen and oxygen atoms in total. The Morgan fingerprint density at radius 2 is 1.96 bits per heavy atom. The normalized spacial score (nSPS) is 20.3. The van der Waals surface area contributed by atoms with Crippen molar-refractivity contribution in [1.29, 1.82) is 0 Å². The lowest BCUT2D eigenvalue weighted by Crippen LogP contribution is -2.36. The molecule has 138 valence electrons. The molecule has 1 unspecified atom stereocenters. The van der Waals surface area contributed by atoms with Crippen molar-refractivity contribution in [3.05, 3.63) is 30.5 Å². The summed E-state index contributed by atoms with van der Waals surface area (Å²) >= 11 is 0. The first-order chi connectivity index (χ1) is 12.8. The summed E-state index contributed by atoms with van der Waals surface area (Å²) in [6, 6.07) is 8.50. The van der Waals surface area contributed by atoms with Crippen molar-refractivity contribution in [1.82, 2.24) is 9.97 Å². The van der Waals surface area contributed by atoms with Gasteiger partial charge in [0.1, 0.15) is 5.82 Å². The Kier molecular flexibility index (Phi) is 5.17. The summed E-state index contributed by atoms with van der Waals surface area (Å²) in [5.41, 5.74) is 9.03. The van der Waals surface area contributed by atoms with E-state index in [-0.39, 0.29) is 12.1 Å². The molecule has 0 aliphatic carbocycles. The highest BCUT2D eigenvalue weighted by molar-refractivity contribution is 5.76. The van der Waals surface area contributed by atoms with Crippen molar-refractivity contribution in [3.8, 4) is 11.1 Å². The monoisotopic (exact) mass is 355 g/mol. The Bertz CT molecular complexity index is 725. The van der Waals surface area contributed by atoms with Crippen molar-refractivity contribution in [2.24, 2.45) is 0 Å². The van der Waals surface area contributed by atoms with Gasteiger partial charge in [-0.05, 0) is 30.5 Å². The second-order valence-electron chi connectivity index (χ2n) is 6.65. The van der Waals surface area contributed by atoms with Crippen LogP contribution in [0.3, 0.4) is 0 Å². The number of aromatic nitrogens is 2. The molecule has 0 saturated carbocycles. The van der Waals surface area contributed by atoms with E-state index < -0.39 is 0 Å². The Morgan fingerprint density at radius 1 is 1.15 bits per heavy atom. The van der Waals surface area contributed by atoms with Gasteiger partial charge in [0.05, 0.1) is 19.3 Å². The zero-order valence-electron chi connectivity index (χ0n) is 14.9. The molecular weight excluding hydrogens is 330 g/mol. The molecule has 0 radical (unpaired) electrons. The van der Waals surface area contributed by atoms with Crippen LogP contribution < -0.4 is 16.0 Å². The largest absolute Gasteiger partial charge is 0.378 e. The second-order valence-corrected chi connectivity index (χ2v) is 6.65. The molecule has 0 bridgehead atoms. The van der Waals surface area contributed by atoms with Crippen molar-refractivity contribution in [3.63, 3.8) is 0 Å². The van der Waals surface area contributed by atoms with E-state index in [1.807, 2.05) is 0 Å². The molecule has 1 aromatic heterocycles. The maximum atomic E-state index is 5.80. The zero-order chi connectivity index (χ0) is 17.8. The van der Waals surface area contributed by atoms with Crippen LogP contribution >= 0.6 is 0 Å². The molecular formula is C19H25N5O2. The van der Waals surface area contributed by atoms with Gasteiger partial charge >= 0.3 is 0 Å². The zero-order valence-corrected chi connectivity index (χ0v) is 14.9. The fraction of sp³-hybridized carbons (Fsp3) is 0.474. The minimum absolute atomic E-state index is 0.239. The van der Waals surface area contributed by atoms with Crippen LogP contribution in [-0.4, -0.2) is 55.5 Å². The van der Waals surface area contributed by atoms with Gasteiger partial charge in [-0.15, -0.1) is 0 Å². The highest BCUT2D eigenvalue weighted by Gasteiger charge is 2.17. The summed E-state index contributed by atoms with van der Waals surface area (Å²) in [5, 5.41) is 3.39. The van der Waals surface area contributed by atoms with Crippen LogP contribution in [0.5, 0.6) is 0 Å². The summed E-state index contributed by atoms with van der Waals surface area (Å²) in [6.07, 6.45) is 4.22. The van der Waals surface area contributed by atoms with Crippen LogP contribution in [0.4, 0.5) is 17.5 Å². The number of nitrogens with one attached hydrogen (secondary N) is 1. The van der Waals surface area contributed by atoms with Crippen molar-refractivity contribution >= 4 is 17.5 Å². The average Bonchev–Trinajstić information content (AvgIpc) is 3.21. The lowest BCUT2D eigenvalue weighted by Gasteiger charge is -2.29. The van der Waals surface area contributed by atoms with Gasteiger partial charge in [0, 0.05) is 43.7 Å². The third-order valence-electron chi connectivity index (χ3n) is 4.88. The Labute approximate surface area is 153 Å². The van der Waals surface area contributed by atoms with Crippen LogP contribution in [0.15, 0.2) is 30.5 Å². The number of benzene rings is 1. The molecule has 7 heteroatoms. The maximum absolute atomic E-state index is 5.80. The summed E-state index contributed by atoms with van der Waals surface area (Å²) in [7, 11) is 0. The van der Waals surface area contributed by atoms with Gasteiger partial charge in [-0.3, -0.25) is 0 Å². The van der Waals surface area contributed by atoms with Crippen molar-refractivity contribution in [2.75, 3.05) is 55.4 Å². The van der Waals surface area contributed by atoms with Crippen LogP contribution in [0.2, 0.25) is 0 Å². The number of nitrogens with zero attached hydrogens (tertiary/aromatic N) is 3. The van der Waals surface area contributed by atoms with Crippen LogP contribution in [0.1, 0.15) is 12.8 Å². The molecule has 4 rings (SSSR count). The number of nitrogen functional groups attached to an aromatic ring is 1. The fourth-order valence-corrected chi connectivity index (χ4v) is 3.43. The van der Waals surface area contributed by atoms with E-state index in [0.29, 0.717) is 0 Å². The molecule has 0 spiro atoms. The lowest BCUT2D eigenvalue weighted by molar-refractivity contribution is 0.120. The molecule has 1 aromatic carbocycles. The van der Waals surface area contributed by atoms with Crippen LogP contribution in [0.25, 0.3) is 11.1 Å². The molecule has 3 heterocycles. The second kappa shape index (κ2) is 7.88. The smallest absolute Gasteiger partial charge is 0.221 e. The quantitative estimate of drug-likeness (QED) is 0.850. The van der Waals surface area contributed by atoms with Gasteiger partial charge in [-0.1, -0.05) is 12.1 Å². The summed E-state index contributed by atoms with van der Waals surface area (Å²) in [4.78, 5) is 10.9. The van der Waals surface area contributed by atoms with E-state index in [2.05, 4.69) is 44.5 Å². The van der Waals surface area contributed by atoms with E-state index >= 15 is 0 Å². The first-order valence-electron chi connectivity index (χ1n) is 9.21. The van der Waals surface area contributed by atoms with E-state index in [9.17, 15) is 0 Å². The number of rotatable bonds is 5. The van der Waals surface area contributed by atoms with Gasteiger partial charge in [0.15, 0.2) is 0 Å². The minimum atomic E-state index is 0.239. The molecule has 0 amide bonds. The third kappa shape index (κ3) is 3.89. The van der Waals surface area contributed by atoms with E-state index in [1.165, 1.54) is 5.69 Å². The van der Waals surface area contributed by atoms with Crippen LogP contribution in [-0.2, 0) is 9.47 Å². The number of nitrogens with two attached hydrogens (primary N) is 1. The molecule has 26 heavy (non-hydrogen) atoms. The van der Waals surface area contributed by atoms with Crippen LogP contribution in [0, 0.1) is 0 Å². The van der Waals surface area contributed by atoms with Gasteiger partial charge in [-0.2, -0.15) is 4.98 Å². The third-order valence-corrected chi connectivity index (χ3v) is 4.88. The number of ether oxygens (including phenoxy) is 2. The number of hydrogen-bond acceptors (Lipinski definition) is 7. The highest BCUT2D eigenvalue weighted by atomic mass is 16.5. The number of morpholine rings is 1. The number of hydrogen-bond donors (Lipinski definition) is 2. The predicted molar refractivity (Wildman–Crippen MR) is 102 cm³/mol. The highest BCUT2D eigenvalue weighted by Crippen LogP contribution is 2.29. The molecule has 2 aliphatic rings. The predicted octanol–water partition coefficient (Wildman–Crippen LogP) is 2.15. The standard InChI is InChI=1S/C19H25N5O2/c20-19-22-13-17(18(23-19)21-12-16-2-1-9-26-16)14-3-5-15(6-4-14)24-7-10-25-11-8-24/h3-6,13,16H,1-2,7-12H2,(H3,20,21,22,23). The molecule has 2 saturated heterocycles. The molecule has 2 fully saturated rings. The topological polar surface area (TPSA) is 85.5 Å². The first kappa shape index (κ1) is 17.1. The van der Waals surface area contributed by atoms with E-state index in [1.54, 1.807) is 6.20 Å². The van der Waals surface area contributed by atoms with Crippen molar-refractivity contribution in [2.45, 2.75) is 18.9 Å². The van der Waals surface area contributed by atoms with Gasteiger partial charge < -0.3 is 25.4 Å².